The quantitative estimate of drug-likeness (QED) is 0.754. The Labute approximate surface area is 92.7 Å². The van der Waals surface area contributed by atoms with Gasteiger partial charge in [-0.1, -0.05) is 20.3 Å². The van der Waals surface area contributed by atoms with Gasteiger partial charge >= 0.3 is 0 Å². The first-order valence-electron chi connectivity index (χ1n) is 5.86. The molecule has 2 atom stereocenters. The fourth-order valence-corrected chi connectivity index (χ4v) is 1.51. The minimum absolute atomic E-state index is 0.502. The van der Waals surface area contributed by atoms with Crippen LogP contribution < -0.4 is 5.32 Å². The first kappa shape index (κ1) is 12.2. The van der Waals surface area contributed by atoms with Crippen LogP contribution in [-0.2, 0) is 6.42 Å². The van der Waals surface area contributed by atoms with Crippen LogP contribution in [0.25, 0.3) is 0 Å². The van der Waals surface area contributed by atoms with Gasteiger partial charge in [0.15, 0.2) is 0 Å². The summed E-state index contributed by atoms with van der Waals surface area (Å²) in [7, 11) is 0. The van der Waals surface area contributed by atoms with E-state index >= 15 is 0 Å². The van der Waals surface area contributed by atoms with Crippen molar-refractivity contribution in [3.63, 3.8) is 0 Å². The van der Waals surface area contributed by atoms with Crippen molar-refractivity contribution in [2.45, 2.75) is 46.6 Å². The Kier molecular flexibility index (Phi) is 4.82. The van der Waals surface area contributed by atoms with Gasteiger partial charge in [-0.15, -0.1) is 0 Å². The summed E-state index contributed by atoms with van der Waals surface area (Å²) in [4.78, 5) is 0. The Balaban J connectivity index is 2.27. The van der Waals surface area contributed by atoms with E-state index in [-0.39, 0.29) is 0 Å². The maximum Gasteiger partial charge on any atom is 0.0640 e. The van der Waals surface area contributed by atoms with E-state index < -0.39 is 0 Å². The van der Waals surface area contributed by atoms with Crippen molar-refractivity contribution in [1.82, 2.24) is 15.5 Å². The van der Waals surface area contributed by atoms with Gasteiger partial charge in [-0.2, -0.15) is 5.10 Å². The molecule has 1 aromatic heterocycles. The number of hydrogen-bond acceptors (Lipinski definition) is 2. The largest absolute Gasteiger partial charge is 0.314 e. The average molecular weight is 209 g/mol. The van der Waals surface area contributed by atoms with Gasteiger partial charge in [-0.25, -0.2) is 0 Å². The van der Waals surface area contributed by atoms with E-state index in [4.69, 9.17) is 0 Å². The molecule has 2 unspecified atom stereocenters. The molecule has 0 fully saturated rings. The number of H-pyrrole nitrogens is 1. The zero-order chi connectivity index (χ0) is 11.3. The van der Waals surface area contributed by atoms with E-state index in [0.717, 1.165) is 30.3 Å². The minimum Gasteiger partial charge on any atom is -0.314 e. The Morgan fingerprint density at radius 3 is 2.73 bits per heavy atom. The summed E-state index contributed by atoms with van der Waals surface area (Å²) in [6.07, 6.45) is 2.24. The van der Waals surface area contributed by atoms with Crippen LogP contribution in [0.4, 0.5) is 0 Å². The monoisotopic (exact) mass is 209 g/mol. The zero-order valence-electron chi connectivity index (χ0n) is 10.3. The zero-order valence-corrected chi connectivity index (χ0v) is 10.3. The molecule has 86 valence electrons. The second-order valence-corrected chi connectivity index (χ2v) is 4.57. The fraction of sp³-hybridized carbons (Fsp3) is 0.750. The van der Waals surface area contributed by atoms with Crippen LogP contribution in [0, 0.1) is 12.8 Å². The Morgan fingerprint density at radius 2 is 2.20 bits per heavy atom. The minimum atomic E-state index is 0.502. The predicted octanol–water partition coefficient (Wildman–Crippen LogP) is 2.28. The molecule has 0 amide bonds. The molecule has 15 heavy (non-hydrogen) atoms. The van der Waals surface area contributed by atoms with Crippen molar-refractivity contribution in [1.29, 1.82) is 0 Å². The maximum absolute atomic E-state index is 4.24. The van der Waals surface area contributed by atoms with E-state index in [2.05, 4.69) is 42.4 Å². The van der Waals surface area contributed by atoms with Crippen LogP contribution in [0.1, 0.15) is 38.6 Å². The number of aryl methyl sites for hydroxylation is 1. The van der Waals surface area contributed by atoms with E-state index in [1.54, 1.807) is 0 Å². The summed E-state index contributed by atoms with van der Waals surface area (Å²) >= 11 is 0. The Bertz CT molecular complexity index is 280. The lowest BCUT2D eigenvalue weighted by molar-refractivity contribution is 0.449. The third kappa shape index (κ3) is 4.47. The van der Waals surface area contributed by atoms with Crippen LogP contribution in [0.5, 0.6) is 0 Å². The summed E-state index contributed by atoms with van der Waals surface area (Å²) < 4.78 is 0. The molecule has 3 heteroatoms. The molecule has 1 heterocycles. The summed E-state index contributed by atoms with van der Waals surface area (Å²) in [5.41, 5.74) is 2.29. The average Bonchev–Trinajstić information content (AvgIpc) is 2.60. The highest BCUT2D eigenvalue weighted by atomic mass is 15.1. The van der Waals surface area contributed by atoms with Gasteiger partial charge in [-0.3, -0.25) is 5.10 Å². The number of nitrogens with zero attached hydrogens (tertiary/aromatic N) is 1. The number of nitrogens with one attached hydrogen (secondary N) is 2. The summed E-state index contributed by atoms with van der Waals surface area (Å²) in [6.45, 7) is 9.85. The predicted molar refractivity (Wildman–Crippen MR) is 63.9 cm³/mol. The van der Waals surface area contributed by atoms with Gasteiger partial charge < -0.3 is 5.32 Å². The SMILES string of the molecule is CCC(C)CNC(C)Cc1cc(C)[nH]n1. The molecule has 3 nitrogen and oxygen atoms in total. The van der Waals surface area contributed by atoms with E-state index in [1.807, 2.05) is 6.92 Å². The van der Waals surface area contributed by atoms with Gasteiger partial charge in [0.2, 0.25) is 0 Å². The molecule has 0 aliphatic heterocycles. The lowest BCUT2D eigenvalue weighted by atomic mass is 10.1. The Hall–Kier alpha value is -0.830. The van der Waals surface area contributed by atoms with Crippen molar-refractivity contribution in [3.05, 3.63) is 17.5 Å². The molecule has 0 aliphatic carbocycles. The van der Waals surface area contributed by atoms with E-state index in [9.17, 15) is 0 Å². The molecular weight excluding hydrogens is 186 g/mol. The fourth-order valence-electron chi connectivity index (χ4n) is 1.51. The number of aromatic nitrogens is 2. The second-order valence-electron chi connectivity index (χ2n) is 4.57. The van der Waals surface area contributed by atoms with Crippen molar-refractivity contribution in [2.24, 2.45) is 5.92 Å². The Morgan fingerprint density at radius 1 is 1.47 bits per heavy atom. The van der Waals surface area contributed by atoms with Gasteiger partial charge in [-0.05, 0) is 32.4 Å². The van der Waals surface area contributed by atoms with Crippen molar-refractivity contribution in [2.75, 3.05) is 6.54 Å². The van der Waals surface area contributed by atoms with Gasteiger partial charge in [0.1, 0.15) is 0 Å². The standard InChI is InChI=1S/C12H23N3/c1-5-9(2)8-13-10(3)6-12-7-11(4)14-15-12/h7,9-10,13H,5-6,8H2,1-4H3,(H,14,15). The van der Waals surface area contributed by atoms with Gasteiger partial charge in [0.05, 0.1) is 5.69 Å². The third-order valence-corrected chi connectivity index (χ3v) is 2.79. The lowest BCUT2D eigenvalue weighted by Gasteiger charge is -2.15. The number of aromatic amines is 1. The van der Waals surface area contributed by atoms with Crippen molar-refractivity contribution >= 4 is 0 Å². The molecule has 2 N–H and O–H groups in total. The van der Waals surface area contributed by atoms with Gasteiger partial charge in [0.25, 0.3) is 0 Å². The number of hydrogen-bond donors (Lipinski definition) is 2. The highest BCUT2D eigenvalue weighted by Crippen LogP contribution is 2.03. The van der Waals surface area contributed by atoms with Crippen LogP contribution >= 0.6 is 0 Å². The smallest absolute Gasteiger partial charge is 0.0640 e. The topological polar surface area (TPSA) is 40.7 Å². The molecule has 0 aromatic carbocycles. The highest BCUT2D eigenvalue weighted by Gasteiger charge is 2.06. The molecule has 0 spiro atoms. The molecule has 1 rings (SSSR count). The lowest BCUT2D eigenvalue weighted by Crippen LogP contribution is -2.31. The molecule has 0 saturated carbocycles. The van der Waals surface area contributed by atoms with Crippen molar-refractivity contribution in [3.8, 4) is 0 Å². The van der Waals surface area contributed by atoms with E-state index in [1.165, 1.54) is 6.42 Å². The molecular formula is C12H23N3. The van der Waals surface area contributed by atoms with Crippen LogP contribution in [-0.4, -0.2) is 22.8 Å². The second kappa shape index (κ2) is 5.91. The van der Waals surface area contributed by atoms with Crippen LogP contribution in [0.3, 0.4) is 0 Å². The van der Waals surface area contributed by atoms with Crippen LogP contribution in [0.15, 0.2) is 6.07 Å². The normalized spacial score (nSPS) is 15.2. The molecule has 0 saturated heterocycles. The highest BCUT2D eigenvalue weighted by molar-refractivity contribution is 5.07. The summed E-state index contributed by atoms with van der Waals surface area (Å²) in [5, 5.41) is 10.7. The van der Waals surface area contributed by atoms with E-state index in [0.29, 0.717) is 6.04 Å². The molecule has 1 aromatic rings. The first-order chi connectivity index (χ1) is 7.11. The first-order valence-corrected chi connectivity index (χ1v) is 5.86. The van der Waals surface area contributed by atoms with Gasteiger partial charge in [0, 0.05) is 18.2 Å². The summed E-state index contributed by atoms with van der Waals surface area (Å²) in [5.74, 6) is 0.758. The molecule has 0 aliphatic rings. The van der Waals surface area contributed by atoms with Crippen LogP contribution in [0.2, 0.25) is 0 Å². The maximum atomic E-state index is 4.24. The molecule has 0 bridgehead atoms. The van der Waals surface area contributed by atoms with Crippen molar-refractivity contribution < 1.29 is 0 Å². The molecule has 0 radical (unpaired) electrons. The third-order valence-electron chi connectivity index (χ3n) is 2.79. The number of rotatable bonds is 6. The summed E-state index contributed by atoms with van der Waals surface area (Å²) in [6, 6.07) is 2.61.